The maximum atomic E-state index is 11.7. The molecule has 0 amide bonds. The van der Waals surface area contributed by atoms with Crippen LogP contribution in [-0.2, 0) is 0 Å². The van der Waals surface area contributed by atoms with Crippen molar-refractivity contribution in [3.63, 3.8) is 0 Å². The first kappa shape index (κ1) is 10.5. The first-order chi connectivity index (χ1) is 5.88. The van der Waals surface area contributed by atoms with Crippen LogP contribution >= 0.6 is 24.2 Å². The highest BCUT2D eigenvalue weighted by Gasteiger charge is 2.31. The number of hydrogen-bond donors (Lipinski definition) is 1. The number of alkyl halides is 3. The average molecular weight is 229 g/mol. The molecular weight excluding hydrogens is 225 g/mol. The molecule has 0 N–H and O–H groups in total. The largest absolute Gasteiger partial charge is 0.573 e. The van der Waals surface area contributed by atoms with Crippen molar-refractivity contribution < 1.29 is 17.9 Å². The first-order valence-corrected chi connectivity index (χ1v) is 3.95. The molecule has 0 heterocycles. The minimum absolute atomic E-state index is 0.102. The van der Waals surface area contributed by atoms with Gasteiger partial charge < -0.3 is 4.74 Å². The van der Waals surface area contributed by atoms with Crippen LogP contribution in [0.15, 0.2) is 23.1 Å². The molecule has 0 saturated carbocycles. The lowest BCUT2D eigenvalue weighted by atomic mass is 10.3. The molecule has 0 radical (unpaired) electrons. The zero-order chi connectivity index (χ0) is 10.1. The fourth-order valence-corrected chi connectivity index (χ4v) is 1.04. The van der Waals surface area contributed by atoms with Crippen molar-refractivity contribution in [2.75, 3.05) is 0 Å². The van der Waals surface area contributed by atoms with Gasteiger partial charge in [-0.25, -0.2) is 0 Å². The highest BCUT2D eigenvalue weighted by atomic mass is 35.5. The van der Waals surface area contributed by atoms with Gasteiger partial charge in [0.25, 0.3) is 0 Å². The number of hydrogen-bond acceptors (Lipinski definition) is 2. The second-order valence-electron chi connectivity index (χ2n) is 2.16. The summed E-state index contributed by atoms with van der Waals surface area (Å²) < 4.78 is 38.9. The fourth-order valence-electron chi connectivity index (χ4n) is 0.695. The van der Waals surface area contributed by atoms with Gasteiger partial charge in [0, 0.05) is 4.90 Å². The van der Waals surface area contributed by atoms with Gasteiger partial charge in [-0.15, -0.1) is 25.8 Å². The molecule has 0 fully saturated rings. The van der Waals surface area contributed by atoms with E-state index in [1.54, 1.807) is 0 Å². The van der Waals surface area contributed by atoms with E-state index in [0.717, 1.165) is 6.07 Å². The third-order valence-corrected chi connectivity index (χ3v) is 1.73. The zero-order valence-electron chi connectivity index (χ0n) is 6.10. The van der Waals surface area contributed by atoms with E-state index >= 15 is 0 Å². The molecule has 0 unspecified atom stereocenters. The second-order valence-corrected chi connectivity index (χ2v) is 3.09. The predicted octanol–water partition coefficient (Wildman–Crippen LogP) is 3.53. The molecule has 72 valence electrons. The van der Waals surface area contributed by atoms with Gasteiger partial charge in [0.1, 0.15) is 5.75 Å². The Labute approximate surface area is 82.9 Å². The first-order valence-electron chi connectivity index (χ1n) is 3.13. The molecule has 6 heteroatoms. The van der Waals surface area contributed by atoms with Gasteiger partial charge in [-0.05, 0) is 18.2 Å². The van der Waals surface area contributed by atoms with Crippen LogP contribution in [0.5, 0.6) is 5.75 Å². The van der Waals surface area contributed by atoms with Crippen LogP contribution in [0.1, 0.15) is 0 Å². The number of ether oxygens (including phenoxy) is 1. The normalized spacial score (nSPS) is 11.5. The molecule has 1 aromatic rings. The Bertz CT molecular complexity index is 313. The van der Waals surface area contributed by atoms with Crippen LogP contribution < -0.4 is 4.74 Å². The highest BCUT2D eigenvalue weighted by molar-refractivity contribution is 7.80. The Kier molecular flexibility index (Phi) is 2.98. The van der Waals surface area contributed by atoms with Crippen LogP contribution in [-0.4, -0.2) is 6.36 Å². The second kappa shape index (κ2) is 3.67. The van der Waals surface area contributed by atoms with Gasteiger partial charge in [-0.2, -0.15) is 0 Å². The average Bonchev–Trinajstić information content (AvgIpc) is 1.94. The third kappa shape index (κ3) is 3.36. The molecule has 0 aliphatic heterocycles. The summed E-state index contributed by atoms with van der Waals surface area (Å²) in [4.78, 5) is 0.351. The fraction of sp³-hybridized carbons (Fsp3) is 0.143. The summed E-state index contributed by atoms with van der Waals surface area (Å²) >= 11 is 9.29. The van der Waals surface area contributed by atoms with Crippen molar-refractivity contribution in [2.24, 2.45) is 0 Å². The minimum Gasteiger partial charge on any atom is -0.404 e. The van der Waals surface area contributed by atoms with Crippen LogP contribution in [0.25, 0.3) is 0 Å². The van der Waals surface area contributed by atoms with Crippen molar-refractivity contribution in [1.29, 1.82) is 0 Å². The van der Waals surface area contributed by atoms with Gasteiger partial charge in [0.2, 0.25) is 0 Å². The predicted molar refractivity (Wildman–Crippen MR) is 45.4 cm³/mol. The molecule has 0 spiro atoms. The monoisotopic (exact) mass is 228 g/mol. The van der Waals surface area contributed by atoms with Crippen LogP contribution in [0, 0.1) is 0 Å². The molecule has 0 aromatic heterocycles. The molecule has 0 atom stereocenters. The van der Waals surface area contributed by atoms with Gasteiger partial charge in [0.15, 0.2) is 0 Å². The van der Waals surface area contributed by atoms with Crippen molar-refractivity contribution in [1.82, 2.24) is 0 Å². The minimum atomic E-state index is -4.73. The molecule has 1 rings (SSSR count). The Hall–Kier alpha value is -0.550. The Balaban J connectivity index is 2.94. The molecule has 0 aliphatic rings. The maximum absolute atomic E-state index is 11.7. The van der Waals surface area contributed by atoms with E-state index in [1.807, 2.05) is 0 Å². The molecule has 0 bridgehead atoms. The van der Waals surface area contributed by atoms with Crippen molar-refractivity contribution in [3.8, 4) is 5.75 Å². The molecule has 13 heavy (non-hydrogen) atoms. The Morgan fingerprint density at radius 2 is 1.92 bits per heavy atom. The lowest BCUT2D eigenvalue weighted by molar-refractivity contribution is -0.274. The van der Waals surface area contributed by atoms with Crippen LogP contribution in [0.3, 0.4) is 0 Å². The van der Waals surface area contributed by atoms with Crippen LogP contribution in [0.2, 0.25) is 5.02 Å². The van der Waals surface area contributed by atoms with E-state index in [2.05, 4.69) is 17.4 Å². The zero-order valence-corrected chi connectivity index (χ0v) is 7.75. The number of halogens is 4. The van der Waals surface area contributed by atoms with E-state index in [9.17, 15) is 13.2 Å². The SMILES string of the molecule is FC(F)(F)Oc1cc(S)ccc1Cl. The number of rotatable bonds is 1. The maximum Gasteiger partial charge on any atom is 0.573 e. The van der Waals surface area contributed by atoms with E-state index in [1.165, 1.54) is 12.1 Å². The van der Waals surface area contributed by atoms with Gasteiger partial charge in [0.05, 0.1) is 5.02 Å². The lowest BCUT2D eigenvalue weighted by Crippen LogP contribution is -2.17. The standard InChI is InChI=1S/C7H4ClF3OS/c8-5-2-1-4(13)3-6(5)12-7(9,10)11/h1-3,13H. The summed E-state index contributed by atoms with van der Waals surface area (Å²) in [6.45, 7) is 0. The molecule has 0 aliphatic carbocycles. The van der Waals surface area contributed by atoms with E-state index < -0.39 is 12.1 Å². The third-order valence-electron chi connectivity index (χ3n) is 1.14. The van der Waals surface area contributed by atoms with Gasteiger partial charge in [-0.3, -0.25) is 0 Å². The van der Waals surface area contributed by atoms with Gasteiger partial charge in [-0.1, -0.05) is 11.6 Å². The molecule has 0 saturated heterocycles. The Morgan fingerprint density at radius 1 is 1.31 bits per heavy atom. The topological polar surface area (TPSA) is 9.23 Å². The molecular formula is C7H4ClF3OS. The van der Waals surface area contributed by atoms with Crippen LogP contribution in [0.4, 0.5) is 13.2 Å². The number of benzene rings is 1. The van der Waals surface area contributed by atoms with Crippen molar-refractivity contribution >= 4 is 24.2 Å². The van der Waals surface area contributed by atoms with Gasteiger partial charge >= 0.3 is 6.36 Å². The van der Waals surface area contributed by atoms with E-state index in [4.69, 9.17) is 11.6 Å². The summed E-state index contributed by atoms with van der Waals surface area (Å²) in [5, 5.41) is -0.102. The highest BCUT2D eigenvalue weighted by Crippen LogP contribution is 2.31. The van der Waals surface area contributed by atoms with Crippen molar-refractivity contribution in [2.45, 2.75) is 11.3 Å². The molecule has 1 nitrogen and oxygen atoms in total. The summed E-state index contributed by atoms with van der Waals surface area (Å²) in [5.74, 6) is -0.443. The van der Waals surface area contributed by atoms with Crippen molar-refractivity contribution in [3.05, 3.63) is 23.2 Å². The summed E-state index contributed by atoms with van der Waals surface area (Å²) in [5.41, 5.74) is 0. The Morgan fingerprint density at radius 3 is 2.46 bits per heavy atom. The van der Waals surface area contributed by atoms with E-state index in [0.29, 0.717) is 4.90 Å². The quantitative estimate of drug-likeness (QED) is 0.724. The van der Waals surface area contributed by atoms with E-state index in [-0.39, 0.29) is 5.02 Å². The number of thiol groups is 1. The smallest absolute Gasteiger partial charge is 0.404 e. The lowest BCUT2D eigenvalue weighted by Gasteiger charge is -2.10. The molecule has 1 aromatic carbocycles. The summed E-state index contributed by atoms with van der Waals surface area (Å²) in [7, 11) is 0. The summed E-state index contributed by atoms with van der Waals surface area (Å²) in [6, 6.07) is 3.85. The summed E-state index contributed by atoms with van der Waals surface area (Å²) in [6.07, 6.45) is -4.73.